The number of halogens is 2. The van der Waals surface area contributed by atoms with E-state index in [-0.39, 0.29) is 5.82 Å². The van der Waals surface area contributed by atoms with Crippen LogP contribution in [-0.2, 0) is 6.54 Å². The standard InChI is InChI=1S/C15H13BrFN3/c1-10-6-13(17)12(16)7-14(10)18-8-11-9-20-5-3-2-4-15(20)19-11/h2-7,9,18H,8H2,1H3. The van der Waals surface area contributed by atoms with E-state index in [4.69, 9.17) is 0 Å². The highest BCUT2D eigenvalue weighted by atomic mass is 79.9. The predicted octanol–water partition coefficient (Wildman–Crippen LogP) is 4.16. The Morgan fingerprint density at radius 3 is 3.00 bits per heavy atom. The third-order valence-electron chi connectivity index (χ3n) is 3.14. The second-order valence-corrected chi connectivity index (χ2v) is 5.49. The van der Waals surface area contributed by atoms with Gasteiger partial charge in [0.2, 0.25) is 0 Å². The van der Waals surface area contributed by atoms with Crippen molar-refractivity contribution in [1.82, 2.24) is 9.38 Å². The number of nitrogens with zero attached hydrogens (tertiary/aromatic N) is 2. The van der Waals surface area contributed by atoms with E-state index in [1.165, 1.54) is 6.07 Å². The van der Waals surface area contributed by atoms with Crippen LogP contribution in [-0.4, -0.2) is 9.38 Å². The summed E-state index contributed by atoms with van der Waals surface area (Å²) in [4.78, 5) is 4.51. The molecule has 0 saturated carbocycles. The highest BCUT2D eigenvalue weighted by Gasteiger charge is 2.06. The van der Waals surface area contributed by atoms with Crippen molar-refractivity contribution in [2.45, 2.75) is 13.5 Å². The molecule has 0 spiro atoms. The van der Waals surface area contributed by atoms with Crippen molar-refractivity contribution in [1.29, 1.82) is 0 Å². The summed E-state index contributed by atoms with van der Waals surface area (Å²) >= 11 is 3.20. The van der Waals surface area contributed by atoms with Crippen molar-refractivity contribution in [2.75, 3.05) is 5.32 Å². The molecule has 102 valence electrons. The number of benzene rings is 1. The van der Waals surface area contributed by atoms with Crippen molar-refractivity contribution in [2.24, 2.45) is 0 Å². The third kappa shape index (κ3) is 2.54. The van der Waals surface area contributed by atoms with Crippen LogP contribution in [0.2, 0.25) is 0 Å². The van der Waals surface area contributed by atoms with Crippen molar-refractivity contribution in [3.8, 4) is 0 Å². The Kier molecular flexibility index (Phi) is 3.44. The molecule has 3 rings (SSSR count). The van der Waals surface area contributed by atoms with Gasteiger partial charge in [0.1, 0.15) is 11.5 Å². The van der Waals surface area contributed by atoms with Gasteiger partial charge < -0.3 is 9.72 Å². The average Bonchev–Trinajstić information content (AvgIpc) is 2.84. The van der Waals surface area contributed by atoms with Crippen LogP contribution in [0, 0.1) is 12.7 Å². The lowest BCUT2D eigenvalue weighted by molar-refractivity contribution is 0.620. The van der Waals surface area contributed by atoms with Gasteiger partial charge in [-0.15, -0.1) is 0 Å². The maximum absolute atomic E-state index is 13.4. The van der Waals surface area contributed by atoms with Crippen LogP contribution in [0.25, 0.3) is 5.65 Å². The summed E-state index contributed by atoms with van der Waals surface area (Å²) in [7, 11) is 0. The minimum Gasteiger partial charge on any atom is -0.379 e. The molecule has 0 bridgehead atoms. The number of fused-ring (bicyclic) bond motifs is 1. The minimum absolute atomic E-state index is 0.249. The van der Waals surface area contributed by atoms with Gasteiger partial charge in [-0.1, -0.05) is 6.07 Å². The van der Waals surface area contributed by atoms with Crippen LogP contribution in [0.15, 0.2) is 47.2 Å². The van der Waals surface area contributed by atoms with E-state index in [9.17, 15) is 4.39 Å². The van der Waals surface area contributed by atoms with Gasteiger partial charge in [-0.05, 0) is 52.7 Å². The number of aryl methyl sites for hydroxylation is 1. The first-order valence-corrected chi connectivity index (χ1v) is 7.05. The van der Waals surface area contributed by atoms with Crippen molar-refractivity contribution in [3.05, 3.63) is 64.3 Å². The summed E-state index contributed by atoms with van der Waals surface area (Å²) in [6.45, 7) is 2.47. The minimum atomic E-state index is -0.249. The van der Waals surface area contributed by atoms with Gasteiger partial charge in [0.05, 0.1) is 16.7 Å². The van der Waals surface area contributed by atoms with Gasteiger partial charge in [0.25, 0.3) is 0 Å². The number of aromatic nitrogens is 2. The van der Waals surface area contributed by atoms with Crippen molar-refractivity contribution >= 4 is 27.3 Å². The SMILES string of the molecule is Cc1cc(F)c(Br)cc1NCc1cn2ccccc2n1. The van der Waals surface area contributed by atoms with Gasteiger partial charge in [-0.25, -0.2) is 9.37 Å². The lowest BCUT2D eigenvalue weighted by Gasteiger charge is -2.09. The van der Waals surface area contributed by atoms with Crippen molar-refractivity contribution in [3.63, 3.8) is 0 Å². The molecule has 2 heterocycles. The van der Waals surface area contributed by atoms with Crippen LogP contribution in [0.5, 0.6) is 0 Å². The number of hydrogen-bond donors (Lipinski definition) is 1. The molecule has 0 aliphatic heterocycles. The highest BCUT2D eigenvalue weighted by Crippen LogP contribution is 2.24. The fourth-order valence-electron chi connectivity index (χ4n) is 2.09. The highest BCUT2D eigenvalue weighted by molar-refractivity contribution is 9.10. The Morgan fingerprint density at radius 2 is 2.20 bits per heavy atom. The molecule has 0 aliphatic carbocycles. The van der Waals surface area contributed by atoms with E-state index >= 15 is 0 Å². The molecule has 0 fully saturated rings. The summed E-state index contributed by atoms with van der Waals surface area (Å²) in [5.41, 5.74) is 3.63. The molecule has 3 nitrogen and oxygen atoms in total. The molecule has 5 heteroatoms. The van der Waals surface area contributed by atoms with Gasteiger partial charge in [-0.2, -0.15) is 0 Å². The largest absolute Gasteiger partial charge is 0.379 e. The number of hydrogen-bond acceptors (Lipinski definition) is 2. The van der Waals surface area contributed by atoms with E-state index in [0.29, 0.717) is 11.0 Å². The van der Waals surface area contributed by atoms with Crippen LogP contribution < -0.4 is 5.32 Å². The number of anilines is 1. The van der Waals surface area contributed by atoms with Crippen LogP contribution >= 0.6 is 15.9 Å². The molecule has 2 aromatic heterocycles. The molecule has 0 aliphatic rings. The Morgan fingerprint density at radius 1 is 1.35 bits per heavy atom. The smallest absolute Gasteiger partial charge is 0.137 e. The summed E-state index contributed by atoms with van der Waals surface area (Å²) in [6.07, 6.45) is 3.95. The van der Waals surface area contributed by atoms with Gasteiger partial charge >= 0.3 is 0 Å². The lowest BCUT2D eigenvalue weighted by Crippen LogP contribution is -2.02. The molecule has 0 atom stereocenters. The van der Waals surface area contributed by atoms with E-state index in [1.54, 1.807) is 6.07 Å². The monoisotopic (exact) mass is 333 g/mol. The van der Waals surface area contributed by atoms with Gasteiger partial charge in [-0.3, -0.25) is 0 Å². The zero-order valence-electron chi connectivity index (χ0n) is 10.9. The number of pyridine rings is 1. The second-order valence-electron chi connectivity index (χ2n) is 4.63. The first-order valence-electron chi connectivity index (χ1n) is 6.25. The molecule has 0 saturated heterocycles. The van der Waals surface area contributed by atoms with E-state index in [0.717, 1.165) is 22.6 Å². The molecular weight excluding hydrogens is 321 g/mol. The molecule has 3 aromatic rings. The molecule has 1 aromatic carbocycles. The van der Waals surface area contributed by atoms with Crippen LogP contribution in [0.1, 0.15) is 11.3 Å². The third-order valence-corrected chi connectivity index (χ3v) is 3.75. The number of nitrogens with one attached hydrogen (secondary N) is 1. The summed E-state index contributed by atoms with van der Waals surface area (Å²) in [6, 6.07) is 9.15. The van der Waals surface area contributed by atoms with E-state index in [2.05, 4.69) is 26.2 Å². The second kappa shape index (κ2) is 5.25. The first kappa shape index (κ1) is 13.1. The zero-order chi connectivity index (χ0) is 14.1. The Labute approximate surface area is 124 Å². The maximum atomic E-state index is 13.4. The van der Waals surface area contributed by atoms with Gasteiger partial charge in [0, 0.05) is 18.1 Å². The zero-order valence-corrected chi connectivity index (χ0v) is 12.5. The molecule has 20 heavy (non-hydrogen) atoms. The quantitative estimate of drug-likeness (QED) is 0.779. The van der Waals surface area contributed by atoms with E-state index < -0.39 is 0 Å². The Hall–Kier alpha value is -1.88. The maximum Gasteiger partial charge on any atom is 0.137 e. The molecular formula is C15H13BrFN3. The fraction of sp³-hybridized carbons (Fsp3) is 0.133. The topological polar surface area (TPSA) is 29.3 Å². The van der Waals surface area contributed by atoms with Crippen LogP contribution in [0.3, 0.4) is 0 Å². The summed E-state index contributed by atoms with van der Waals surface area (Å²) in [5, 5.41) is 3.29. The van der Waals surface area contributed by atoms with Gasteiger partial charge in [0.15, 0.2) is 0 Å². The molecule has 0 radical (unpaired) electrons. The molecule has 1 N–H and O–H groups in total. The fourth-order valence-corrected chi connectivity index (χ4v) is 2.44. The average molecular weight is 334 g/mol. The lowest BCUT2D eigenvalue weighted by atomic mass is 10.2. The number of rotatable bonds is 3. The molecule has 0 amide bonds. The van der Waals surface area contributed by atoms with Crippen molar-refractivity contribution < 1.29 is 4.39 Å². The first-order chi connectivity index (χ1) is 9.63. The normalized spacial score (nSPS) is 10.9. The Bertz CT molecular complexity index is 734. The summed E-state index contributed by atoms with van der Waals surface area (Å²) < 4.78 is 15.8. The van der Waals surface area contributed by atoms with E-state index in [1.807, 2.05) is 41.9 Å². The Balaban J connectivity index is 1.81. The summed E-state index contributed by atoms with van der Waals surface area (Å²) in [5.74, 6) is -0.249. The number of imidazole rings is 1. The predicted molar refractivity (Wildman–Crippen MR) is 81.4 cm³/mol. The van der Waals surface area contributed by atoms with Crippen LogP contribution in [0.4, 0.5) is 10.1 Å². The molecule has 0 unspecified atom stereocenters.